The molecule has 0 bridgehead atoms. The van der Waals surface area contributed by atoms with Gasteiger partial charge in [-0.15, -0.1) is 0 Å². The molecule has 0 saturated carbocycles. The van der Waals surface area contributed by atoms with Crippen LogP contribution in [-0.4, -0.2) is 28.8 Å². The van der Waals surface area contributed by atoms with Crippen molar-refractivity contribution in [3.8, 4) is 0 Å². The van der Waals surface area contributed by atoms with Crippen LogP contribution < -0.4 is 16.0 Å². The number of hydrogen-bond acceptors (Lipinski definition) is 6. The SMILES string of the molecule is CNC(=O)c1cc([N+](=O)[O-])ccc1NCc1cccc(NC(=O)c2ccncc2)c1. The summed E-state index contributed by atoms with van der Waals surface area (Å²) in [6.07, 6.45) is 3.09. The average Bonchev–Trinajstić information content (AvgIpc) is 2.77. The number of nitrogens with one attached hydrogen (secondary N) is 3. The predicted octanol–water partition coefficient (Wildman–Crippen LogP) is 3.21. The van der Waals surface area contributed by atoms with Crippen LogP contribution in [0.2, 0.25) is 0 Å². The zero-order valence-electron chi connectivity index (χ0n) is 16.1. The first kappa shape index (κ1) is 20.5. The lowest BCUT2D eigenvalue weighted by Gasteiger charge is -2.12. The van der Waals surface area contributed by atoms with E-state index in [4.69, 9.17) is 0 Å². The topological polar surface area (TPSA) is 126 Å². The fraction of sp³-hybridized carbons (Fsp3) is 0.0952. The third-order valence-electron chi connectivity index (χ3n) is 4.30. The molecule has 3 N–H and O–H groups in total. The molecule has 9 nitrogen and oxygen atoms in total. The maximum Gasteiger partial charge on any atom is 0.270 e. The van der Waals surface area contributed by atoms with E-state index in [2.05, 4.69) is 20.9 Å². The Morgan fingerprint density at radius 1 is 1.03 bits per heavy atom. The lowest BCUT2D eigenvalue weighted by Crippen LogP contribution is -2.20. The molecule has 0 aliphatic rings. The van der Waals surface area contributed by atoms with Gasteiger partial charge in [0.1, 0.15) is 0 Å². The lowest BCUT2D eigenvalue weighted by molar-refractivity contribution is -0.384. The van der Waals surface area contributed by atoms with Crippen molar-refractivity contribution in [3.63, 3.8) is 0 Å². The quantitative estimate of drug-likeness (QED) is 0.409. The molecule has 3 rings (SSSR count). The Morgan fingerprint density at radius 2 is 1.80 bits per heavy atom. The summed E-state index contributed by atoms with van der Waals surface area (Å²) < 4.78 is 0. The summed E-state index contributed by atoms with van der Waals surface area (Å²) in [5, 5.41) is 19.4. The molecule has 0 spiro atoms. The normalized spacial score (nSPS) is 10.2. The monoisotopic (exact) mass is 405 g/mol. The Labute approximate surface area is 172 Å². The molecule has 0 unspecified atom stereocenters. The molecule has 1 heterocycles. The van der Waals surface area contributed by atoms with Gasteiger partial charge >= 0.3 is 0 Å². The summed E-state index contributed by atoms with van der Waals surface area (Å²) in [4.78, 5) is 38.7. The van der Waals surface area contributed by atoms with Gasteiger partial charge in [0.25, 0.3) is 17.5 Å². The highest BCUT2D eigenvalue weighted by Gasteiger charge is 2.16. The predicted molar refractivity (Wildman–Crippen MR) is 112 cm³/mol. The highest BCUT2D eigenvalue weighted by Crippen LogP contribution is 2.23. The largest absolute Gasteiger partial charge is 0.380 e. The van der Waals surface area contributed by atoms with E-state index in [0.717, 1.165) is 5.56 Å². The van der Waals surface area contributed by atoms with E-state index in [9.17, 15) is 19.7 Å². The van der Waals surface area contributed by atoms with E-state index in [1.807, 2.05) is 6.07 Å². The first-order valence-electron chi connectivity index (χ1n) is 9.02. The van der Waals surface area contributed by atoms with Gasteiger partial charge in [-0.1, -0.05) is 12.1 Å². The van der Waals surface area contributed by atoms with Crippen molar-refractivity contribution in [1.29, 1.82) is 0 Å². The van der Waals surface area contributed by atoms with Crippen molar-refractivity contribution in [3.05, 3.63) is 93.8 Å². The van der Waals surface area contributed by atoms with Crippen LogP contribution in [0.3, 0.4) is 0 Å². The maximum absolute atomic E-state index is 12.3. The Morgan fingerprint density at radius 3 is 2.50 bits per heavy atom. The second-order valence-electron chi connectivity index (χ2n) is 6.31. The Hall–Kier alpha value is -4.27. The Kier molecular flexibility index (Phi) is 6.33. The molecular weight excluding hydrogens is 386 g/mol. The number of benzene rings is 2. The van der Waals surface area contributed by atoms with Gasteiger partial charge in [0, 0.05) is 55.1 Å². The number of rotatable bonds is 7. The number of amides is 2. The van der Waals surface area contributed by atoms with Crippen molar-refractivity contribution in [1.82, 2.24) is 10.3 Å². The highest BCUT2D eigenvalue weighted by molar-refractivity contribution is 6.04. The van der Waals surface area contributed by atoms with E-state index in [1.54, 1.807) is 42.7 Å². The smallest absolute Gasteiger partial charge is 0.270 e. The number of aromatic nitrogens is 1. The van der Waals surface area contributed by atoms with E-state index in [-0.39, 0.29) is 17.2 Å². The van der Waals surface area contributed by atoms with E-state index < -0.39 is 10.8 Å². The number of hydrogen-bond donors (Lipinski definition) is 3. The van der Waals surface area contributed by atoms with Crippen LogP contribution in [0.25, 0.3) is 0 Å². The second kappa shape index (κ2) is 9.28. The summed E-state index contributed by atoms with van der Waals surface area (Å²) in [5.74, 6) is -0.681. The number of nitro benzene ring substituents is 1. The van der Waals surface area contributed by atoms with Crippen LogP contribution >= 0.6 is 0 Å². The van der Waals surface area contributed by atoms with Gasteiger partial charge in [-0.3, -0.25) is 24.7 Å². The van der Waals surface area contributed by atoms with Crippen molar-refractivity contribution in [2.24, 2.45) is 0 Å². The van der Waals surface area contributed by atoms with Crippen molar-refractivity contribution >= 4 is 28.9 Å². The standard InChI is InChI=1S/C21H19N5O4/c1-22-21(28)18-12-17(26(29)30)5-6-19(18)24-13-14-3-2-4-16(11-14)25-20(27)15-7-9-23-10-8-15/h2-12,24H,13H2,1H3,(H,22,28)(H,25,27). The van der Waals surface area contributed by atoms with E-state index in [0.29, 0.717) is 23.5 Å². The van der Waals surface area contributed by atoms with Crippen LogP contribution in [0.5, 0.6) is 0 Å². The second-order valence-corrected chi connectivity index (χ2v) is 6.31. The van der Waals surface area contributed by atoms with Gasteiger partial charge in [-0.2, -0.15) is 0 Å². The number of pyridine rings is 1. The minimum Gasteiger partial charge on any atom is -0.380 e. The fourth-order valence-corrected chi connectivity index (χ4v) is 2.79. The van der Waals surface area contributed by atoms with Gasteiger partial charge < -0.3 is 16.0 Å². The number of anilines is 2. The van der Waals surface area contributed by atoms with Gasteiger partial charge in [-0.05, 0) is 35.9 Å². The molecule has 0 aliphatic carbocycles. The van der Waals surface area contributed by atoms with Gasteiger partial charge in [0.15, 0.2) is 0 Å². The molecular formula is C21H19N5O4. The van der Waals surface area contributed by atoms with E-state index in [1.165, 1.54) is 25.2 Å². The van der Waals surface area contributed by atoms with E-state index >= 15 is 0 Å². The van der Waals surface area contributed by atoms with Crippen LogP contribution in [-0.2, 0) is 6.54 Å². The summed E-state index contributed by atoms with van der Waals surface area (Å²) in [6, 6.07) is 14.5. The third kappa shape index (κ3) is 4.96. The minimum absolute atomic E-state index is 0.167. The maximum atomic E-state index is 12.3. The average molecular weight is 405 g/mol. The first-order valence-corrected chi connectivity index (χ1v) is 9.02. The molecule has 2 aromatic carbocycles. The Bertz CT molecular complexity index is 1090. The van der Waals surface area contributed by atoms with Crippen LogP contribution in [0.1, 0.15) is 26.3 Å². The number of non-ortho nitro benzene ring substituents is 1. The summed E-state index contributed by atoms with van der Waals surface area (Å²) in [6.45, 7) is 0.348. The van der Waals surface area contributed by atoms with Crippen molar-refractivity contribution in [2.45, 2.75) is 6.54 Å². The highest BCUT2D eigenvalue weighted by atomic mass is 16.6. The van der Waals surface area contributed by atoms with Crippen LogP contribution in [0.4, 0.5) is 17.1 Å². The summed E-state index contributed by atoms with van der Waals surface area (Å²) >= 11 is 0. The molecule has 2 amide bonds. The molecule has 0 saturated heterocycles. The number of carbonyl (C=O) groups excluding carboxylic acids is 2. The number of nitro groups is 1. The first-order chi connectivity index (χ1) is 14.5. The summed E-state index contributed by atoms with van der Waals surface area (Å²) in [7, 11) is 1.46. The van der Waals surface area contributed by atoms with Crippen molar-refractivity contribution < 1.29 is 14.5 Å². The van der Waals surface area contributed by atoms with Gasteiger partial charge in [0.2, 0.25) is 0 Å². The molecule has 0 atom stereocenters. The van der Waals surface area contributed by atoms with Crippen LogP contribution in [0.15, 0.2) is 67.0 Å². The van der Waals surface area contributed by atoms with Gasteiger partial charge in [0.05, 0.1) is 10.5 Å². The van der Waals surface area contributed by atoms with Gasteiger partial charge in [-0.25, -0.2) is 0 Å². The molecule has 0 fully saturated rings. The Balaban J connectivity index is 1.73. The summed E-state index contributed by atoms with van der Waals surface area (Å²) in [5.41, 5.74) is 2.43. The fourth-order valence-electron chi connectivity index (χ4n) is 2.79. The zero-order valence-corrected chi connectivity index (χ0v) is 16.1. The zero-order chi connectivity index (χ0) is 21.5. The third-order valence-corrected chi connectivity index (χ3v) is 4.30. The molecule has 1 aromatic heterocycles. The minimum atomic E-state index is -0.550. The number of nitrogens with zero attached hydrogens (tertiary/aromatic N) is 2. The molecule has 0 aliphatic heterocycles. The molecule has 0 radical (unpaired) electrons. The number of carbonyl (C=O) groups is 2. The molecule has 9 heteroatoms. The van der Waals surface area contributed by atoms with Crippen molar-refractivity contribution in [2.75, 3.05) is 17.7 Å². The molecule has 152 valence electrons. The molecule has 30 heavy (non-hydrogen) atoms. The molecule has 3 aromatic rings. The lowest BCUT2D eigenvalue weighted by atomic mass is 10.1. The van der Waals surface area contributed by atoms with Crippen LogP contribution in [0, 0.1) is 10.1 Å².